The molecule has 0 saturated carbocycles. The molecule has 1 heterocycles. The van der Waals surface area contributed by atoms with Crippen molar-refractivity contribution in [1.29, 1.82) is 0 Å². The summed E-state index contributed by atoms with van der Waals surface area (Å²) in [5.74, 6) is -0.260. The molecule has 1 aromatic rings. The Bertz CT molecular complexity index is 393. The summed E-state index contributed by atoms with van der Waals surface area (Å²) < 4.78 is 4.81. The summed E-state index contributed by atoms with van der Waals surface area (Å²) in [5, 5.41) is 9.67. The summed E-state index contributed by atoms with van der Waals surface area (Å²) in [6.45, 7) is 1.43. The van der Waals surface area contributed by atoms with Crippen molar-refractivity contribution in [3.05, 3.63) is 35.9 Å². The zero-order chi connectivity index (χ0) is 13.0. The number of methoxy groups -OCH3 is 1. The Morgan fingerprint density at radius 3 is 2.83 bits per heavy atom. The predicted octanol–water partition coefficient (Wildman–Crippen LogP) is 1.18. The number of carbonyl (C=O) groups excluding carboxylic acids is 1. The molecule has 2 rings (SSSR count). The second kappa shape index (κ2) is 5.98. The first-order chi connectivity index (χ1) is 8.70. The molecule has 0 bridgehead atoms. The maximum absolute atomic E-state index is 11.7. The monoisotopic (exact) mass is 249 g/mol. The molecule has 1 fully saturated rings. The van der Waals surface area contributed by atoms with Crippen LogP contribution in [-0.2, 0) is 16.1 Å². The van der Waals surface area contributed by atoms with Gasteiger partial charge in [0.05, 0.1) is 13.2 Å². The van der Waals surface area contributed by atoms with Crippen LogP contribution in [0.15, 0.2) is 30.3 Å². The van der Waals surface area contributed by atoms with Crippen molar-refractivity contribution in [3.8, 4) is 0 Å². The Hall–Kier alpha value is -1.39. The molecule has 4 nitrogen and oxygen atoms in total. The van der Waals surface area contributed by atoms with E-state index in [4.69, 9.17) is 4.74 Å². The summed E-state index contributed by atoms with van der Waals surface area (Å²) in [6, 6.07) is 9.70. The lowest BCUT2D eigenvalue weighted by atomic mass is 9.98. The number of piperidine rings is 1. The maximum Gasteiger partial charge on any atom is 0.323 e. The third kappa shape index (κ3) is 3.09. The lowest BCUT2D eigenvalue weighted by molar-refractivity contribution is -0.150. The van der Waals surface area contributed by atoms with E-state index in [-0.39, 0.29) is 12.0 Å². The van der Waals surface area contributed by atoms with E-state index in [0.29, 0.717) is 19.4 Å². The van der Waals surface area contributed by atoms with Gasteiger partial charge in [0.1, 0.15) is 6.04 Å². The topological polar surface area (TPSA) is 49.8 Å². The zero-order valence-electron chi connectivity index (χ0n) is 10.6. The van der Waals surface area contributed by atoms with E-state index in [2.05, 4.69) is 4.90 Å². The Morgan fingerprint density at radius 1 is 1.44 bits per heavy atom. The average molecular weight is 249 g/mol. The lowest BCUT2D eigenvalue weighted by Gasteiger charge is -2.36. The molecule has 2 unspecified atom stereocenters. The van der Waals surface area contributed by atoms with Crippen LogP contribution in [-0.4, -0.2) is 41.8 Å². The van der Waals surface area contributed by atoms with Crippen molar-refractivity contribution in [3.63, 3.8) is 0 Å². The summed E-state index contributed by atoms with van der Waals surface area (Å²) >= 11 is 0. The number of hydrogen-bond donors (Lipinski definition) is 1. The zero-order valence-corrected chi connectivity index (χ0v) is 10.6. The molecule has 18 heavy (non-hydrogen) atoms. The predicted molar refractivity (Wildman–Crippen MR) is 67.9 cm³/mol. The lowest BCUT2D eigenvalue weighted by Crippen LogP contribution is -2.48. The SMILES string of the molecule is COC(=O)C1CC(O)CCN1Cc1ccccc1. The average Bonchev–Trinajstić information content (AvgIpc) is 2.41. The highest BCUT2D eigenvalue weighted by molar-refractivity contribution is 5.75. The minimum absolute atomic E-state index is 0.260. The van der Waals surface area contributed by atoms with Crippen molar-refractivity contribution in [2.45, 2.75) is 31.5 Å². The van der Waals surface area contributed by atoms with E-state index in [9.17, 15) is 9.90 Å². The largest absolute Gasteiger partial charge is 0.468 e. The molecule has 0 aromatic heterocycles. The van der Waals surface area contributed by atoms with Gasteiger partial charge in [-0.1, -0.05) is 30.3 Å². The van der Waals surface area contributed by atoms with Crippen LogP contribution in [0.3, 0.4) is 0 Å². The number of carbonyl (C=O) groups is 1. The van der Waals surface area contributed by atoms with Gasteiger partial charge in [-0.3, -0.25) is 9.69 Å². The smallest absolute Gasteiger partial charge is 0.323 e. The van der Waals surface area contributed by atoms with Crippen LogP contribution in [0, 0.1) is 0 Å². The summed E-state index contributed by atoms with van der Waals surface area (Å²) in [5.41, 5.74) is 1.17. The summed E-state index contributed by atoms with van der Waals surface area (Å²) in [6.07, 6.45) is 0.765. The van der Waals surface area contributed by atoms with Gasteiger partial charge in [0, 0.05) is 13.1 Å². The number of hydrogen-bond acceptors (Lipinski definition) is 4. The molecule has 1 aliphatic heterocycles. The van der Waals surface area contributed by atoms with Crippen LogP contribution in [0.5, 0.6) is 0 Å². The van der Waals surface area contributed by atoms with Gasteiger partial charge >= 0.3 is 5.97 Å². The molecule has 98 valence electrons. The van der Waals surface area contributed by atoms with E-state index in [1.165, 1.54) is 12.7 Å². The van der Waals surface area contributed by atoms with Crippen molar-refractivity contribution >= 4 is 5.97 Å². The van der Waals surface area contributed by atoms with Crippen LogP contribution in [0.2, 0.25) is 0 Å². The van der Waals surface area contributed by atoms with Gasteiger partial charge in [-0.25, -0.2) is 0 Å². The number of ether oxygens (including phenoxy) is 1. The summed E-state index contributed by atoms with van der Waals surface area (Å²) in [4.78, 5) is 13.8. The fraction of sp³-hybridized carbons (Fsp3) is 0.500. The fourth-order valence-corrected chi connectivity index (χ4v) is 2.38. The van der Waals surface area contributed by atoms with Gasteiger partial charge in [-0.05, 0) is 18.4 Å². The minimum Gasteiger partial charge on any atom is -0.468 e. The second-order valence-electron chi connectivity index (χ2n) is 4.67. The Morgan fingerprint density at radius 2 is 2.17 bits per heavy atom. The molecule has 0 amide bonds. The third-order valence-electron chi connectivity index (χ3n) is 3.39. The quantitative estimate of drug-likeness (QED) is 0.817. The summed E-state index contributed by atoms with van der Waals surface area (Å²) in [7, 11) is 1.39. The fourth-order valence-electron chi connectivity index (χ4n) is 2.38. The maximum atomic E-state index is 11.7. The van der Waals surface area contributed by atoms with Crippen molar-refractivity contribution in [1.82, 2.24) is 4.90 Å². The van der Waals surface area contributed by atoms with Crippen LogP contribution >= 0.6 is 0 Å². The van der Waals surface area contributed by atoms with E-state index in [1.807, 2.05) is 30.3 Å². The Kier molecular flexibility index (Phi) is 4.33. The number of rotatable bonds is 3. The number of aliphatic hydroxyl groups excluding tert-OH is 1. The minimum atomic E-state index is -0.402. The highest BCUT2D eigenvalue weighted by Crippen LogP contribution is 2.21. The van der Waals surface area contributed by atoms with Crippen molar-refractivity contribution in [2.75, 3.05) is 13.7 Å². The molecule has 2 atom stereocenters. The molecular formula is C14H19NO3. The molecule has 4 heteroatoms. The number of nitrogens with zero attached hydrogens (tertiary/aromatic N) is 1. The third-order valence-corrected chi connectivity index (χ3v) is 3.39. The van der Waals surface area contributed by atoms with E-state index in [1.54, 1.807) is 0 Å². The molecule has 0 radical (unpaired) electrons. The normalized spacial score (nSPS) is 24.8. The first kappa shape index (κ1) is 13.1. The Balaban J connectivity index is 2.07. The molecular weight excluding hydrogens is 230 g/mol. The van der Waals surface area contributed by atoms with Crippen LogP contribution < -0.4 is 0 Å². The first-order valence-electron chi connectivity index (χ1n) is 6.24. The molecule has 1 N–H and O–H groups in total. The highest BCUT2D eigenvalue weighted by atomic mass is 16.5. The molecule has 1 saturated heterocycles. The van der Waals surface area contributed by atoms with E-state index < -0.39 is 6.10 Å². The van der Waals surface area contributed by atoms with Crippen LogP contribution in [0.4, 0.5) is 0 Å². The molecule has 1 aromatic carbocycles. The highest BCUT2D eigenvalue weighted by Gasteiger charge is 2.33. The van der Waals surface area contributed by atoms with Gasteiger partial charge in [0.15, 0.2) is 0 Å². The number of aliphatic hydroxyl groups is 1. The first-order valence-corrected chi connectivity index (χ1v) is 6.24. The number of likely N-dealkylation sites (tertiary alicyclic amines) is 1. The Labute approximate surface area is 107 Å². The molecule has 0 aliphatic carbocycles. The van der Waals surface area contributed by atoms with Gasteiger partial charge in [-0.2, -0.15) is 0 Å². The van der Waals surface area contributed by atoms with Gasteiger partial charge < -0.3 is 9.84 Å². The van der Waals surface area contributed by atoms with Gasteiger partial charge in [-0.15, -0.1) is 0 Å². The van der Waals surface area contributed by atoms with Gasteiger partial charge in [0.25, 0.3) is 0 Å². The van der Waals surface area contributed by atoms with E-state index in [0.717, 1.165) is 6.54 Å². The van der Waals surface area contributed by atoms with Crippen molar-refractivity contribution in [2.24, 2.45) is 0 Å². The van der Waals surface area contributed by atoms with Gasteiger partial charge in [0.2, 0.25) is 0 Å². The van der Waals surface area contributed by atoms with Crippen molar-refractivity contribution < 1.29 is 14.6 Å². The molecule has 0 spiro atoms. The second-order valence-corrected chi connectivity index (χ2v) is 4.67. The van der Waals surface area contributed by atoms with Crippen LogP contribution in [0.1, 0.15) is 18.4 Å². The standard InChI is InChI=1S/C14H19NO3/c1-18-14(17)13-9-12(16)7-8-15(13)10-11-5-3-2-4-6-11/h2-6,12-13,16H,7-10H2,1H3. The van der Waals surface area contributed by atoms with Crippen LogP contribution in [0.25, 0.3) is 0 Å². The number of esters is 1. The molecule has 1 aliphatic rings. The number of benzene rings is 1. The van der Waals surface area contributed by atoms with E-state index >= 15 is 0 Å².